The molecule has 0 saturated carbocycles. The number of nitrogens with zero attached hydrogens (tertiary/aromatic N) is 1. The van der Waals surface area contributed by atoms with Crippen LogP contribution in [-0.4, -0.2) is 28.6 Å². The molecule has 1 aliphatic heterocycles. The highest BCUT2D eigenvalue weighted by molar-refractivity contribution is 6.32. The standard InChI is InChI=1S/C9H9NO4/c1-2-3-6(11)4-7-5-10-8(14-7)9(12)13/h2-4,11H,1,5H2,(H,12,13)/b6-3+,7-4+. The molecule has 5 nitrogen and oxygen atoms in total. The molecule has 5 heteroatoms. The van der Waals surface area contributed by atoms with E-state index >= 15 is 0 Å². The Kier molecular flexibility index (Phi) is 3.06. The van der Waals surface area contributed by atoms with Crippen LogP contribution in [0.5, 0.6) is 0 Å². The highest BCUT2D eigenvalue weighted by Crippen LogP contribution is 2.10. The van der Waals surface area contributed by atoms with Gasteiger partial charge in [-0.15, -0.1) is 0 Å². The summed E-state index contributed by atoms with van der Waals surface area (Å²) >= 11 is 0. The van der Waals surface area contributed by atoms with E-state index in [1.807, 2.05) is 0 Å². The van der Waals surface area contributed by atoms with Gasteiger partial charge < -0.3 is 14.9 Å². The van der Waals surface area contributed by atoms with Crippen molar-refractivity contribution in [3.05, 3.63) is 36.3 Å². The first-order chi connectivity index (χ1) is 6.63. The minimum Gasteiger partial charge on any atom is -0.508 e. The number of hydrogen-bond acceptors (Lipinski definition) is 4. The zero-order valence-corrected chi connectivity index (χ0v) is 7.30. The maximum Gasteiger partial charge on any atom is 0.391 e. The first kappa shape index (κ1) is 10.0. The molecule has 2 N–H and O–H groups in total. The number of carboxylic acids is 1. The lowest BCUT2D eigenvalue weighted by molar-refractivity contribution is -0.130. The summed E-state index contributed by atoms with van der Waals surface area (Å²) in [7, 11) is 0. The molecular weight excluding hydrogens is 186 g/mol. The Morgan fingerprint density at radius 1 is 1.57 bits per heavy atom. The number of carboxylic acid groups (broad SMARTS) is 1. The average molecular weight is 195 g/mol. The third kappa shape index (κ3) is 2.48. The molecule has 0 bridgehead atoms. The molecule has 0 aliphatic carbocycles. The number of carbonyl (C=O) groups is 1. The van der Waals surface area contributed by atoms with E-state index in [0.717, 1.165) is 0 Å². The molecular formula is C9H9NO4. The fraction of sp³-hybridized carbons (Fsp3) is 0.111. The highest BCUT2D eigenvalue weighted by atomic mass is 16.5. The minimum atomic E-state index is -1.22. The van der Waals surface area contributed by atoms with Gasteiger partial charge in [-0.25, -0.2) is 9.79 Å². The molecule has 0 aromatic carbocycles. The largest absolute Gasteiger partial charge is 0.508 e. The van der Waals surface area contributed by atoms with Crippen LogP contribution in [-0.2, 0) is 9.53 Å². The van der Waals surface area contributed by atoms with E-state index in [2.05, 4.69) is 11.6 Å². The number of allylic oxidation sites excluding steroid dienone is 3. The van der Waals surface area contributed by atoms with Gasteiger partial charge in [-0.1, -0.05) is 12.7 Å². The van der Waals surface area contributed by atoms with Crippen LogP contribution in [0.1, 0.15) is 0 Å². The average Bonchev–Trinajstić information content (AvgIpc) is 2.53. The lowest BCUT2D eigenvalue weighted by Gasteiger charge is -1.97. The third-order valence-electron chi connectivity index (χ3n) is 1.39. The minimum absolute atomic E-state index is 0.0585. The zero-order chi connectivity index (χ0) is 10.6. The number of rotatable bonds is 3. The summed E-state index contributed by atoms with van der Waals surface area (Å²) in [5.74, 6) is -1.35. The fourth-order valence-corrected chi connectivity index (χ4v) is 0.859. The van der Waals surface area contributed by atoms with Crippen LogP contribution in [0.2, 0.25) is 0 Å². The number of ether oxygens (including phenoxy) is 1. The van der Waals surface area contributed by atoms with Crippen molar-refractivity contribution in [1.82, 2.24) is 0 Å². The maximum absolute atomic E-state index is 10.4. The number of aliphatic hydroxyl groups excluding tert-OH is 1. The van der Waals surface area contributed by atoms with Crippen LogP contribution >= 0.6 is 0 Å². The van der Waals surface area contributed by atoms with Gasteiger partial charge in [-0.3, -0.25) is 0 Å². The molecule has 1 rings (SSSR count). The van der Waals surface area contributed by atoms with Gasteiger partial charge in [0.1, 0.15) is 18.1 Å². The van der Waals surface area contributed by atoms with Crippen molar-refractivity contribution in [1.29, 1.82) is 0 Å². The summed E-state index contributed by atoms with van der Waals surface area (Å²) in [6.45, 7) is 3.51. The van der Waals surface area contributed by atoms with Crippen molar-refractivity contribution < 1.29 is 19.7 Å². The van der Waals surface area contributed by atoms with Gasteiger partial charge in [0.05, 0.1) is 0 Å². The Balaban J connectivity index is 2.66. The number of aliphatic hydroxyl groups is 1. The van der Waals surface area contributed by atoms with Crippen molar-refractivity contribution >= 4 is 11.9 Å². The molecule has 14 heavy (non-hydrogen) atoms. The van der Waals surface area contributed by atoms with E-state index in [0.29, 0.717) is 0 Å². The second-order valence-corrected chi connectivity index (χ2v) is 2.47. The Hall–Kier alpha value is -2.04. The summed E-state index contributed by atoms with van der Waals surface area (Å²) < 4.78 is 4.82. The molecule has 0 aromatic rings. The van der Waals surface area contributed by atoms with Crippen LogP contribution in [0.4, 0.5) is 0 Å². The quantitative estimate of drug-likeness (QED) is 0.520. The molecule has 1 heterocycles. The molecule has 1 aliphatic rings. The van der Waals surface area contributed by atoms with Gasteiger partial charge >= 0.3 is 11.9 Å². The number of hydrogen-bond donors (Lipinski definition) is 2. The molecule has 0 aromatic heterocycles. The molecule has 0 amide bonds. The van der Waals surface area contributed by atoms with Crippen LogP contribution in [0.25, 0.3) is 0 Å². The van der Waals surface area contributed by atoms with Gasteiger partial charge in [0.25, 0.3) is 0 Å². The monoisotopic (exact) mass is 195 g/mol. The topological polar surface area (TPSA) is 79.1 Å². The van der Waals surface area contributed by atoms with E-state index in [4.69, 9.17) is 14.9 Å². The smallest absolute Gasteiger partial charge is 0.391 e. The van der Waals surface area contributed by atoms with E-state index in [1.54, 1.807) is 0 Å². The Morgan fingerprint density at radius 3 is 2.79 bits per heavy atom. The lowest BCUT2D eigenvalue weighted by atomic mass is 10.3. The summed E-state index contributed by atoms with van der Waals surface area (Å²) in [6, 6.07) is 0. The van der Waals surface area contributed by atoms with Crippen molar-refractivity contribution in [3.8, 4) is 0 Å². The summed E-state index contributed by atoms with van der Waals surface area (Å²) in [5.41, 5.74) is 0. The van der Waals surface area contributed by atoms with Crippen molar-refractivity contribution in [3.63, 3.8) is 0 Å². The molecule has 0 atom stereocenters. The highest BCUT2D eigenvalue weighted by Gasteiger charge is 2.19. The first-order valence-electron chi connectivity index (χ1n) is 3.81. The maximum atomic E-state index is 10.4. The first-order valence-corrected chi connectivity index (χ1v) is 3.81. The molecule has 0 unspecified atom stereocenters. The van der Waals surface area contributed by atoms with Gasteiger partial charge in [0.15, 0.2) is 0 Å². The SMILES string of the molecule is C=C/C=C(O)\C=C1/CN=C(C(=O)O)O1. The van der Waals surface area contributed by atoms with E-state index in [1.165, 1.54) is 18.2 Å². The third-order valence-corrected chi connectivity index (χ3v) is 1.39. The molecule has 0 saturated heterocycles. The predicted octanol–water partition coefficient (Wildman–Crippen LogP) is 1.01. The van der Waals surface area contributed by atoms with Gasteiger partial charge in [-0.05, 0) is 6.08 Å². The van der Waals surface area contributed by atoms with Crippen LogP contribution in [0.3, 0.4) is 0 Å². The van der Waals surface area contributed by atoms with Crippen LogP contribution in [0.15, 0.2) is 41.3 Å². The zero-order valence-electron chi connectivity index (χ0n) is 7.30. The van der Waals surface area contributed by atoms with Gasteiger partial charge in [0.2, 0.25) is 0 Å². The lowest BCUT2D eigenvalue weighted by Crippen LogP contribution is -2.11. The predicted molar refractivity (Wildman–Crippen MR) is 50.0 cm³/mol. The summed E-state index contributed by atoms with van der Waals surface area (Å²) in [5, 5.41) is 17.7. The fourth-order valence-electron chi connectivity index (χ4n) is 0.859. The summed E-state index contributed by atoms with van der Waals surface area (Å²) in [6.07, 6.45) is 4.05. The Labute approximate surface area is 80.3 Å². The van der Waals surface area contributed by atoms with Crippen molar-refractivity contribution in [2.75, 3.05) is 6.54 Å². The second kappa shape index (κ2) is 4.27. The van der Waals surface area contributed by atoms with Crippen molar-refractivity contribution in [2.24, 2.45) is 4.99 Å². The second-order valence-electron chi connectivity index (χ2n) is 2.47. The number of aliphatic carboxylic acids is 1. The van der Waals surface area contributed by atoms with Gasteiger partial charge in [0, 0.05) is 6.08 Å². The normalized spacial score (nSPS) is 19.0. The summed E-state index contributed by atoms with van der Waals surface area (Å²) in [4.78, 5) is 14.0. The number of aliphatic imine (C=N–C) groups is 1. The van der Waals surface area contributed by atoms with E-state index in [-0.39, 0.29) is 24.0 Å². The molecule has 0 fully saturated rings. The Bertz CT molecular complexity index is 352. The van der Waals surface area contributed by atoms with E-state index < -0.39 is 5.97 Å². The van der Waals surface area contributed by atoms with Crippen LogP contribution < -0.4 is 0 Å². The van der Waals surface area contributed by atoms with Crippen LogP contribution in [0, 0.1) is 0 Å². The molecule has 74 valence electrons. The van der Waals surface area contributed by atoms with Crippen molar-refractivity contribution in [2.45, 2.75) is 0 Å². The Morgan fingerprint density at radius 2 is 2.29 bits per heavy atom. The molecule has 0 spiro atoms. The van der Waals surface area contributed by atoms with Gasteiger partial charge in [-0.2, -0.15) is 0 Å². The van der Waals surface area contributed by atoms with E-state index in [9.17, 15) is 4.79 Å². The molecule has 0 radical (unpaired) electrons.